The van der Waals surface area contributed by atoms with Crippen LogP contribution in [0.4, 0.5) is 21.6 Å². The molecular weight excluding hydrogens is 1230 g/mol. The Balaban J connectivity index is 0.711. The molecule has 15 nitrogen and oxygen atoms in total. The number of nitriles is 1. The molecule has 4 aromatic carbocycles. The molecule has 5 aromatic rings. The number of hydrogen-bond acceptors (Lipinski definition) is 13. The van der Waals surface area contributed by atoms with Gasteiger partial charge in [-0.25, -0.2) is 4.39 Å². The number of piperazine rings is 1. The van der Waals surface area contributed by atoms with Gasteiger partial charge in [0.1, 0.15) is 24.8 Å². The molecule has 9 rings (SSSR count). The number of ether oxygens (including phenoxy) is 5. The number of rotatable bonds is 22. The number of fused-ring (bicyclic) bond motifs is 3. The summed E-state index contributed by atoms with van der Waals surface area (Å²) in [4.78, 5) is 43.7. The lowest BCUT2D eigenvalue weighted by atomic mass is 10.0. The minimum atomic E-state index is -1.04. The molecule has 5 heterocycles. The second-order valence-electron chi connectivity index (χ2n) is 18.6. The third-order valence-corrected chi connectivity index (χ3v) is 15.9. The SMILES string of the molecule is C=C(F)C(=O)N1CCN(c2nc(OC[C@@H]3CCCN3CCCOCCOCCOCCOc3c(Br)cc(/C=C4\C(=O)Nc5ccc(I)cc54)cc3Br)nc3c2CCN(c2cccc4cccc(Cl)c24)C3)C[C@@H]1CC#N. The Hall–Kier alpha value is -4.92. The van der Waals surface area contributed by atoms with Crippen molar-refractivity contribution in [3.8, 4) is 17.8 Å². The van der Waals surface area contributed by atoms with Crippen LogP contribution in [0.2, 0.25) is 5.02 Å². The average Bonchev–Trinajstić information content (AvgIpc) is 3.98. The Labute approximate surface area is 471 Å². The average molecular weight is 1280 g/mol. The van der Waals surface area contributed by atoms with Gasteiger partial charge in [-0.05, 0) is 146 Å². The van der Waals surface area contributed by atoms with Crippen LogP contribution in [0.15, 0.2) is 88.1 Å². The van der Waals surface area contributed by atoms with Gasteiger partial charge in [0.25, 0.3) is 11.8 Å². The van der Waals surface area contributed by atoms with E-state index in [1.54, 1.807) is 0 Å². The first-order chi connectivity index (χ1) is 36.4. The molecule has 1 aromatic heterocycles. The lowest BCUT2D eigenvalue weighted by molar-refractivity contribution is -0.131. The summed E-state index contributed by atoms with van der Waals surface area (Å²) in [5.74, 6) is -0.580. The van der Waals surface area contributed by atoms with Crippen molar-refractivity contribution >= 4 is 117 Å². The molecule has 0 unspecified atom stereocenters. The van der Waals surface area contributed by atoms with Crippen molar-refractivity contribution < 1.29 is 37.7 Å². The Morgan fingerprint density at radius 2 is 1.67 bits per heavy atom. The van der Waals surface area contributed by atoms with Crippen LogP contribution in [-0.4, -0.2) is 136 Å². The minimum Gasteiger partial charge on any atom is -0.489 e. The summed E-state index contributed by atoms with van der Waals surface area (Å²) < 4.78 is 46.6. The maximum Gasteiger partial charge on any atom is 0.318 e. The van der Waals surface area contributed by atoms with Gasteiger partial charge in [-0.2, -0.15) is 15.2 Å². The topological polar surface area (TPSA) is 155 Å². The fraction of sp³-hybridized carbons (Fsp3) is 0.400. The highest BCUT2D eigenvalue weighted by Gasteiger charge is 2.35. The maximum absolute atomic E-state index is 14.1. The molecule has 0 saturated carbocycles. The molecule has 75 heavy (non-hydrogen) atoms. The van der Waals surface area contributed by atoms with Gasteiger partial charge in [0, 0.05) is 82.4 Å². The summed E-state index contributed by atoms with van der Waals surface area (Å²) in [6, 6.07) is 24.0. The van der Waals surface area contributed by atoms with Crippen LogP contribution in [0.25, 0.3) is 22.4 Å². The number of halogens is 5. The Kier molecular flexibility index (Phi) is 19.0. The predicted molar refractivity (Wildman–Crippen MR) is 304 cm³/mol. The second-order valence-corrected chi connectivity index (χ2v) is 22.0. The standard InChI is InChI=1S/C55H57Br2ClFIN8O7/c1-35(59)54(70)68-20-19-67(32-39(68)13-15-61)52-41-14-18-66(49-10-3-7-37-6-2-9-46(58)50(37)49)33-48(41)63-55(64-52)75-34-40-8-4-16-65(40)17-5-21-71-22-23-72-24-25-73-26-27-74-51-44(56)29-36(30-45(51)57)28-43-42-31-38(60)11-12-47(42)62-53(43)69/h2-3,6-7,9-12,28-31,39-40H,1,4-5,8,13-14,16-27,32-34H2,(H,62,69)/b43-28-/t39-,40-/m0/s1. The number of carbonyl (C=O) groups excluding carboxylic acids is 2. The first-order valence-corrected chi connectivity index (χ1v) is 28.1. The van der Waals surface area contributed by atoms with E-state index in [9.17, 15) is 19.2 Å². The number of anilines is 3. The molecule has 0 spiro atoms. The minimum absolute atomic E-state index is 0.0441. The zero-order chi connectivity index (χ0) is 52.4. The van der Waals surface area contributed by atoms with E-state index in [0.717, 1.165) is 95.2 Å². The van der Waals surface area contributed by atoms with Crippen molar-refractivity contribution in [2.45, 2.75) is 50.7 Å². The molecule has 2 fully saturated rings. The normalized spacial score (nSPS) is 18.1. The van der Waals surface area contributed by atoms with Crippen molar-refractivity contribution in [1.82, 2.24) is 19.8 Å². The quantitative estimate of drug-likeness (QED) is 0.0398. The first kappa shape index (κ1) is 54.9. The summed E-state index contributed by atoms with van der Waals surface area (Å²) in [5.41, 5.74) is 6.03. The van der Waals surface area contributed by atoms with E-state index >= 15 is 0 Å². The number of aromatic nitrogens is 2. The van der Waals surface area contributed by atoms with Gasteiger partial charge in [-0.15, -0.1) is 0 Å². The summed E-state index contributed by atoms with van der Waals surface area (Å²) in [7, 11) is 0. The zero-order valence-electron chi connectivity index (χ0n) is 41.3. The van der Waals surface area contributed by atoms with Gasteiger partial charge < -0.3 is 43.7 Å². The van der Waals surface area contributed by atoms with Gasteiger partial charge >= 0.3 is 6.01 Å². The monoisotopic (exact) mass is 1280 g/mol. The van der Waals surface area contributed by atoms with Gasteiger partial charge in [-0.1, -0.05) is 42.4 Å². The molecular formula is C55H57Br2ClFIN8O7. The lowest BCUT2D eigenvalue weighted by Gasteiger charge is -2.42. The molecule has 2 saturated heterocycles. The summed E-state index contributed by atoms with van der Waals surface area (Å²) in [5, 5.41) is 15.4. The molecule has 0 aliphatic carbocycles. The molecule has 1 N–H and O–H groups in total. The lowest BCUT2D eigenvalue weighted by Crippen LogP contribution is -2.55. The Bertz CT molecular complexity index is 2970. The molecule has 2 atom stereocenters. The van der Waals surface area contributed by atoms with Crippen LogP contribution >= 0.6 is 66.1 Å². The van der Waals surface area contributed by atoms with Gasteiger partial charge in [0.05, 0.1) is 77.8 Å². The smallest absolute Gasteiger partial charge is 0.318 e. The molecule has 394 valence electrons. The molecule has 0 radical (unpaired) electrons. The van der Waals surface area contributed by atoms with E-state index < -0.39 is 17.8 Å². The number of hydrogen-bond donors (Lipinski definition) is 1. The maximum atomic E-state index is 14.1. The van der Waals surface area contributed by atoms with Crippen molar-refractivity contribution in [3.63, 3.8) is 0 Å². The summed E-state index contributed by atoms with van der Waals surface area (Å²) in [6.45, 7) is 10.8. The fourth-order valence-corrected chi connectivity index (χ4v) is 12.4. The van der Waals surface area contributed by atoms with E-state index in [4.69, 9.17) is 45.3 Å². The molecule has 4 aliphatic rings. The predicted octanol–water partition coefficient (Wildman–Crippen LogP) is 10.2. The number of benzene rings is 4. The summed E-state index contributed by atoms with van der Waals surface area (Å²) in [6.07, 6.45) is 5.48. The van der Waals surface area contributed by atoms with Gasteiger partial charge in [0.15, 0.2) is 5.83 Å². The van der Waals surface area contributed by atoms with Crippen LogP contribution < -0.4 is 24.6 Å². The van der Waals surface area contributed by atoms with E-state index in [0.29, 0.717) is 102 Å². The number of nitrogens with zero attached hydrogens (tertiary/aromatic N) is 7. The highest BCUT2D eigenvalue weighted by Crippen LogP contribution is 2.40. The van der Waals surface area contributed by atoms with Crippen molar-refractivity contribution in [2.75, 3.05) is 107 Å². The van der Waals surface area contributed by atoms with Crippen molar-refractivity contribution in [3.05, 3.63) is 119 Å². The van der Waals surface area contributed by atoms with Crippen LogP contribution in [0.1, 0.15) is 48.1 Å². The second kappa shape index (κ2) is 25.9. The molecule has 4 aliphatic heterocycles. The Morgan fingerprint density at radius 1 is 0.920 bits per heavy atom. The van der Waals surface area contributed by atoms with Crippen LogP contribution in [0, 0.1) is 14.9 Å². The third kappa shape index (κ3) is 13.4. The van der Waals surface area contributed by atoms with Crippen molar-refractivity contribution in [2.24, 2.45) is 0 Å². The highest BCUT2D eigenvalue weighted by molar-refractivity contribution is 14.1. The number of nitrogens with one attached hydrogen (secondary N) is 1. The zero-order valence-corrected chi connectivity index (χ0v) is 47.4. The molecule has 2 amide bonds. The van der Waals surface area contributed by atoms with Gasteiger partial charge in [-0.3, -0.25) is 14.5 Å². The van der Waals surface area contributed by atoms with Crippen LogP contribution in [0.3, 0.4) is 0 Å². The van der Waals surface area contributed by atoms with Gasteiger partial charge in [0.2, 0.25) is 0 Å². The van der Waals surface area contributed by atoms with E-state index in [2.05, 4.69) is 105 Å². The third-order valence-electron chi connectivity index (χ3n) is 13.7. The number of carbonyl (C=O) groups is 2. The van der Waals surface area contributed by atoms with E-state index in [1.807, 2.05) is 54.6 Å². The number of likely N-dealkylation sites (tertiary alicyclic amines) is 1. The van der Waals surface area contributed by atoms with Crippen LogP contribution in [-0.2, 0) is 36.8 Å². The van der Waals surface area contributed by atoms with E-state index in [1.165, 1.54) is 4.90 Å². The molecule has 0 bridgehead atoms. The fourth-order valence-electron chi connectivity index (χ4n) is 10.1. The summed E-state index contributed by atoms with van der Waals surface area (Å²) >= 11 is 16.3. The van der Waals surface area contributed by atoms with Crippen molar-refractivity contribution in [1.29, 1.82) is 5.26 Å². The first-order valence-electron chi connectivity index (χ1n) is 25.1. The Morgan fingerprint density at radius 3 is 2.43 bits per heavy atom. The number of amides is 2. The molecule has 20 heteroatoms. The highest BCUT2D eigenvalue weighted by atomic mass is 127. The largest absolute Gasteiger partial charge is 0.489 e. The van der Waals surface area contributed by atoms with E-state index in [-0.39, 0.29) is 30.9 Å². The van der Waals surface area contributed by atoms with Crippen LogP contribution in [0.5, 0.6) is 11.8 Å².